The number of aliphatic hydroxyl groups is 1. The van der Waals surface area contributed by atoms with E-state index in [4.69, 9.17) is 10.5 Å². The third-order valence-corrected chi connectivity index (χ3v) is 6.00. The highest BCUT2D eigenvalue weighted by molar-refractivity contribution is 5.94. The first-order valence-electron chi connectivity index (χ1n) is 11.1. The third-order valence-electron chi connectivity index (χ3n) is 6.00. The fourth-order valence-electron chi connectivity index (χ4n) is 4.22. The van der Waals surface area contributed by atoms with Gasteiger partial charge in [0.05, 0.1) is 17.7 Å². The minimum Gasteiger partial charge on any atom is -0.494 e. The second kappa shape index (κ2) is 9.58. The van der Waals surface area contributed by atoms with Gasteiger partial charge in [-0.3, -0.25) is 4.79 Å². The van der Waals surface area contributed by atoms with Gasteiger partial charge in [0, 0.05) is 50.8 Å². The largest absolute Gasteiger partial charge is 0.494 e. The molecule has 3 aromatic rings. The van der Waals surface area contributed by atoms with Crippen molar-refractivity contribution >= 4 is 17.2 Å². The molecule has 1 fully saturated rings. The zero-order valence-corrected chi connectivity index (χ0v) is 18.5. The Morgan fingerprint density at radius 1 is 1.25 bits per heavy atom. The highest BCUT2D eigenvalue weighted by Crippen LogP contribution is 2.29. The molecule has 0 atom stereocenters. The normalized spacial score (nSPS) is 15.7. The molecule has 1 aromatic carbocycles. The van der Waals surface area contributed by atoms with E-state index in [0.29, 0.717) is 50.4 Å². The molecule has 2 aromatic heterocycles. The predicted molar refractivity (Wildman–Crippen MR) is 124 cm³/mol. The van der Waals surface area contributed by atoms with Crippen LogP contribution in [0.15, 0.2) is 55.0 Å². The number of ether oxygens (including phenoxy) is 1. The van der Waals surface area contributed by atoms with Gasteiger partial charge in [-0.25, -0.2) is 4.98 Å². The van der Waals surface area contributed by atoms with Crippen LogP contribution in [-0.4, -0.2) is 70.7 Å². The van der Waals surface area contributed by atoms with Gasteiger partial charge < -0.3 is 29.8 Å². The summed E-state index contributed by atoms with van der Waals surface area (Å²) in [5, 5.41) is 11.2. The number of piperidine rings is 1. The highest BCUT2D eigenvalue weighted by Gasteiger charge is 2.35. The number of amides is 1. The topological polar surface area (TPSA) is 96.3 Å². The van der Waals surface area contributed by atoms with Gasteiger partial charge in [-0.05, 0) is 56.1 Å². The van der Waals surface area contributed by atoms with Crippen molar-refractivity contribution in [2.45, 2.75) is 24.9 Å². The smallest absolute Gasteiger partial charge is 0.253 e. The molecule has 0 radical (unpaired) electrons. The summed E-state index contributed by atoms with van der Waals surface area (Å²) in [7, 11) is 1.73. The lowest BCUT2D eigenvalue weighted by Gasteiger charge is -2.40. The van der Waals surface area contributed by atoms with Gasteiger partial charge in [-0.15, -0.1) is 0 Å². The predicted octanol–water partition coefficient (Wildman–Crippen LogP) is 2.17. The summed E-state index contributed by atoms with van der Waals surface area (Å²) in [6, 6.07) is 11.2. The van der Waals surface area contributed by atoms with Crippen molar-refractivity contribution in [3.63, 3.8) is 0 Å². The van der Waals surface area contributed by atoms with Crippen LogP contribution in [0, 0.1) is 0 Å². The Morgan fingerprint density at radius 2 is 2.06 bits per heavy atom. The number of carbonyl (C=O) groups excluding carboxylic acids is 1. The van der Waals surface area contributed by atoms with E-state index in [-0.39, 0.29) is 12.5 Å². The van der Waals surface area contributed by atoms with Crippen LogP contribution >= 0.6 is 0 Å². The zero-order chi connectivity index (χ0) is 22.6. The van der Waals surface area contributed by atoms with E-state index in [9.17, 15) is 9.90 Å². The highest BCUT2D eigenvalue weighted by atomic mass is 16.5. The Bertz CT molecular complexity index is 1060. The van der Waals surface area contributed by atoms with Gasteiger partial charge >= 0.3 is 0 Å². The molecule has 3 N–H and O–H groups in total. The molecule has 32 heavy (non-hydrogen) atoms. The first-order valence-corrected chi connectivity index (χ1v) is 11.1. The van der Waals surface area contributed by atoms with E-state index in [1.165, 1.54) is 0 Å². The number of nitrogens with two attached hydrogens (primary N) is 1. The molecule has 4 rings (SSSR count). The minimum atomic E-state index is -0.927. The van der Waals surface area contributed by atoms with Crippen LogP contribution in [0.3, 0.4) is 0 Å². The molecule has 170 valence electrons. The van der Waals surface area contributed by atoms with Crippen molar-refractivity contribution in [1.29, 1.82) is 0 Å². The number of aromatic nitrogens is 2. The number of anilines is 1. The Balaban J connectivity index is 1.36. The van der Waals surface area contributed by atoms with Crippen LogP contribution in [0.25, 0.3) is 5.52 Å². The van der Waals surface area contributed by atoms with Crippen molar-refractivity contribution in [1.82, 2.24) is 14.3 Å². The maximum atomic E-state index is 13.0. The number of fused-ring (bicyclic) bond motifs is 1. The summed E-state index contributed by atoms with van der Waals surface area (Å²) in [5.41, 5.74) is 6.17. The molecule has 0 saturated carbocycles. The second-order valence-corrected chi connectivity index (χ2v) is 8.44. The van der Waals surface area contributed by atoms with Gasteiger partial charge in [-0.2, -0.15) is 0 Å². The van der Waals surface area contributed by atoms with Crippen molar-refractivity contribution < 1.29 is 14.6 Å². The Hall–Kier alpha value is -3.10. The molecule has 1 amide bonds. The van der Waals surface area contributed by atoms with Gasteiger partial charge in [0.15, 0.2) is 5.82 Å². The maximum absolute atomic E-state index is 13.0. The Morgan fingerprint density at radius 3 is 2.84 bits per heavy atom. The summed E-state index contributed by atoms with van der Waals surface area (Å²) in [6.07, 6.45) is 7.62. The average molecular weight is 438 g/mol. The Labute approximate surface area is 188 Å². The minimum absolute atomic E-state index is 0.134. The van der Waals surface area contributed by atoms with E-state index in [1.54, 1.807) is 36.3 Å². The number of rotatable bonds is 8. The van der Waals surface area contributed by atoms with E-state index in [1.807, 2.05) is 35.0 Å². The average Bonchev–Trinajstić information content (AvgIpc) is 3.28. The van der Waals surface area contributed by atoms with E-state index in [2.05, 4.69) is 9.88 Å². The summed E-state index contributed by atoms with van der Waals surface area (Å²) < 4.78 is 7.70. The summed E-state index contributed by atoms with van der Waals surface area (Å²) in [4.78, 5) is 21.3. The van der Waals surface area contributed by atoms with Crippen LogP contribution in [-0.2, 0) is 0 Å². The number of carbonyl (C=O) groups is 1. The van der Waals surface area contributed by atoms with E-state index < -0.39 is 5.60 Å². The monoisotopic (exact) mass is 437 g/mol. The molecular formula is C24H31N5O3. The molecular weight excluding hydrogens is 406 g/mol. The molecule has 8 nitrogen and oxygen atoms in total. The first kappa shape index (κ1) is 22.1. The number of benzene rings is 1. The van der Waals surface area contributed by atoms with Crippen LogP contribution < -0.4 is 15.4 Å². The maximum Gasteiger partial charge on any atom is 0.253 e. The van der Waals surface area contributed by atoms with Crippen LogP contribution in [0.2, 0.25) is 0 Å². The lowest BCUT2D eigenvalue weighted by atomic mass is 9.90. The van der Waals surface area contributed by atoms with Crippen molar-refractivity contribution in [3.8, 4) is 5.75 Å². The fourth-order valence-corrected chi connectivity index (χ4v) is 4.22. The zero-order valence-electron chi connectivity index (χ0n) is 18.5. The van der Waals surface area contributed by atoms with Gasteiger partial charge in [0.2, 0.25) is 0 Å². The molecule has 3 heterocycles. The van der Waals surface area contributed by atoms with Crippen LogP contribution in [0.4, 0.5) is 5.82 Å². The standard InChI is InChI=1S/C24H31N5O3/c1-27(23(30)19-5-2-6-20(17-19)32-16-4-10-25)18-24(31)8-13-29(14-9-24)22-21-7-3-12-28(21)15-11-26-22/h2-3,5-7,11-12,15,17,31H,4,8-10,13-14,16,18,25H2,1H3. The van der Waals surface area contributed by atoms with Crippen molar-refractivity contribution in [2.75, 3.05) is 44.7 Å². The molecule has 1 saturated heterocycles. The van der Waals surface area contributed by atoms with Crippen molar-refractivity contribution in [3.05, 3.63) is 60.6 Å². The molecule has 1 aliphatic heterocycles. The number of hydrogen-bond donors (Lipinski definition) is 2. The molecule has 1 aliphatic rings. The number of hydrogen-bond acceptors (Lipinski definition) is 6. The first-order chi connectivity index (χ1) is 15.5. The fraction of sp³-hybridized carbons (Fsp3) is 0.417. The lowest BCUT2D eigenvalue weighted by Crippen LogP contribution is -2.51. The van der Waals surface area contributed by atoms with Crippen LogP contribution in [0.5, 0.6) is 5.75 Å². The van der Waals surface area contributed by atoms with E-state index >= 15 is 0 Å². The summed E-state index contributed by atoms with van der Waals surface area (Å²) >= 11 is 0. The van der Waals surface area contributed by atoms with E-state index in [0.717, 1.165) is 17.8 Å². The Kier molecular flexibility index (Phi) is 6.62. The summed E-state index contributed by atoms with van der Waals surface area (Å²) in [5.74, 6) is 1.44. The lowest BCUT2D eigenvalue weighted by molar-refractivity contribution is -0.00808. The molecule has 8 heteroatoms. The SMILES string of the molecule is CN(CC1(O)CCN(c2nccn3cccc23)CC1)C(=O)c1cccc(OCCCN)c1. The van der Waals surface area contributed by atoms with Gasteiger partial charge in [0.25, 0.3) is 5.91 Å². The molecule has 0 spiro atoms. The van der Waals surface area contributed by atoms with Crippen LogP contribution in [0.1, 0.15) is 29.6 Å². The number of likely N-dealkylation sites (N-methyl/N-ethyl adjacent to an activating group) is 1. The van der Waals surface area contributed by atoms with Crippen molar-refractivity contribution in [2.24, 2.45) is 5.73 Å². The summed E-state index contributed by atoms with van der Waals surface area (Å²) in [6.45, 7) is 2.72. The second-order valence-electron chi connectivity index (χ2n) is 8.44. The molecule has 0 unspecified atom stereocenters. The molecule has 0 aliphatic carbocycles. The number of nitrogens with zero attached hydrogens (tertiary/aromatic N) is 4. The molecule has 0 bridgehead atoms. The quantitative estimate of drug-likeness (QED) is 0.525. The third kappa shape index (κ3) is 4.87. The van der Waals surface area contributed by atoms with Gasteiger partial charge in [-0.1, -0.05) is 6.07 Å². The van der Waals surface area contributed by atoms with Gasteiger partial charge in [0.1, 0.15) is 5.75 Å².